The first kappa shape index (κ1) is 19.5. The van der Waals surface area contributed by atoms with Crippen LogP contribution in [0.1, 0.15) is 45.7 Å². The van der Waals surface area contributed by atoms with E-state index in [0.29, 0.717) is 13.2 Å². The van der Waals surface area contributed by atoms with Crippen molar-refractivity contribution in [3.05, 3.63) is 35.4 Å². The lowest BCUT2D eigenvalue weighted by Gasteiger charge is -2.40. The summed E-state index contributed by atoms with van der Waals surface area (Å²) < 4.78 is 31.6. The summed E-state index contributed by atoms with van der Waals surface area (Å²) in [6, 6.07) is 8.34. The van der Waals surface area contributed by atoms with Gasteiger partial charge in [-0.15, -0.1) is 0 Å². The van der Waals surface area contributed by atoms with Gasteiger partial charge in [-0.2, -0.15) is 0 Å². The summed E-state index contributed by atoms with van der Waals surface area (Å²) in [5.41, 5.74) is 1.65. The Hall–Kier alpha value is -0.763. The number of hydrogen-bond acceptors (Lipinski definition) is 5. The van der Waals surface area contributed by atoms with E-state index >= 15 is 0 Å². The summed E-state index contributed by atoms with van der Waals surface area (Å²) in [4.78, 5) is 0. The number of hydrogen-bond donors (Lipinski definition) is 0. The minimum atomic E-state index is -1.91. The Balaban J connectivity index is 1.67. The van der Waals surface area contributed by atoms with Crippen molar-refractivity contribution >= 4 is 8.32 Å². The monoisotopic (exact) mass is 392 g/mol. The second-order valence-corrected chi connectivity index (χ2v) is 14.7. The van der Waals surface area contributed by atoms with Crippen molar-refractivity contribution in [2.75, 3.05) is 6.61 Å². The van der Waals surface area contributed by atoms with Gasteiger partial charge in [0.05, 0.1) is 13.2 Å². The van der Waals surface area contributed by atoms with Crippen molar-refractivity contribution in [3.63, 3.8) is 0 Å². The van der Waals surface area contributed by atoms with Crippen LogP contribution in [0.3, 0.4) is 0 Å². The SMILES string of the molecule is CC1(C)O[C@H]2O[C@H](CO[Si](C)(C)C(C)(C)C)[C@@]3(OCc4ccccc43)[C@H]2O1. The van der Waals surface area contributed by atoms with Crippen LogP contribution in [-0.2, 0) is 35.6 Å². The van der Waals surface area contributed by atoms with Crippen LogP contribution in [0.4, 0.5) is 0 Å². The average molecular weight is 393 g/mol. The van der Waals surface area contributed by atoms with E-state index in [1.807, 2.05) is 19.9 Å². The number of ether oxygens (including phenoxy) is 4. The molecule has 0 aromatic heterocycles. The highest BCUT2D eigenvalue weighted by Crippen LogP contribution is 2.54. The minimum Gasteiger partial charge on any atom is -0.414 e. The van der Waals surface area contributed by atoms with Gasteiger partial charge < -0.3 is 23.4 Å². The third-order valence-corrected chi connectivity index (χ3v) is 11.1. The summed E-state index contributed by atoms with van der Waals surface area (Å²) in [6.45, 7) is 16.1. The first-order valence-corrected chi connectivity index (χ1v) is 12.7. The quantitative estimate of drug-likeness (QED) is 0.717. The minimum absolute atomic E-state index is 0.137. The van der Waals surface area contributed by atoms with Crippen LogP contribution >= 0.6 is 0 Å². The van der Waals surface area contributed by atoms with E-state index in [0.717, 1.165) is 5.56 Å². The number of fused-ring (bicyclic) bond motifs is 4. The maximum Gasteiger partial charge on any atom is 0.192 e. The van der Waals surface area contributed by atoms with E-state index in [-0.39, 0.29) is 17.2 Å². The second kappa shape index (κ2) is 6.12. The molecule has 0 saturated carbocycles. The fourth-order valence-electron chi connectivity index (χ4n) is 4.03. The first-order valence-electron chi connectivity index (χ1n) is 9.84. The van der Waals surface area contributed by atoms with E-state index < -0.39 is 26.0 Å². The molecule has 0 bridgehead atoms. The smallest absolute Gasteiger partial charge is 0.192 e. The van der Waals surface area contributed by atoms with Gasteiger partial charge in [0, 0.05) is 0 Å². The Kier molecular flexibility index (Phi) is 4.43. The van der Waals surface area contributed by atoms with Gasteiger partial charge >= 0.3 is 0 Å². The van der Waals surface area contributed by atoms with Gasteiger partial charge in [0.2, 0.25) is 0 Å². The highest BCUT2D eigenvalue weighted by molar-refractivity contribution is 6.74. The Bertz CT molecular complexity index is 726. The van der Waals surface area contributed by atoms with Gasteiger partial charge in [0.15, 0.2) is 26.0 Å². The molecule has 0 aliphatic carbocycles. The van der Waals surface area contributed by atoms with Crippen LogP contribution in [-0.4, -0.2) is 39.2 Å². The van der Waals surface area contributed by atoms with Gasteiger partial charge in [-0.05, 0) is 43.1 Å². The molecule has 0 unspecified atom stereocenters. The molecule has 5 nitrogen and oxygen atoms in total. The zero-order valence-corrected chi connectivity index (χ0v) is 18.5. The Labute approximate surface area is 163 Å². The molecule has 0 amide bonds. The lowest BCUT2D eigenvalue weighted by Crippen LogP contribution is -2.50. The van der Waals surface area contributed by atoms with Gasteiger partial charge in [0.1, 0.15) is 12.2 Å². The van der Waals surface area contributed by atoms with Gasteiger partial charge in [0.25, 0.3) is 0 Å². The van der Waals surface area contributed by atoms with Gasteiger partial charge in [-0.3, -0.25) is 0 Å². The van der Waals surface area contributed by atoms with E-state index in [9.17, 15) is 0 Å². The zero-order chi connectivity index (χ0) is 19.7. The van der Waals surface area contributed by atoms with Crippen molar-refractivity contribution in [1.82, 2.24) is 0 Å². The molecule has 150 valence electrons. The van der Waals surface area contributed by atoms with Crippen molar-refractivity contribution in [1.29, 1.82) is 0 Å². The lowest BCUT2D eigenvalue weighted by atomic mass is 9.84. The predicted molar refractivity (Wildman–Crippen MR) is 105 cm³/mol. The van der Waals surface area contributed by atoms with E-state index in [2.05, 4.69) is 52.1 Å². The molecule has 1 aromatic carbocycles. The third-order valence-electron chi connectivity index (χ3n) is 6.56. The molecule has 2 saturated heterocycles. The van der Waals surface area contributed by atoms with Crippen LogP contribution in [0.5, 0.6) is 0 Å². The normalized spacial score (nSPS) is 34.9. The second-order valence-electron chi connectivity index (χ2n) is 9.86. The third kappa shape index (κ3) is 3.01. The topological polar surface area (TPSA) is 46.2 Å². The standard InChI is InChI=1S/C21H32O5Si/c1-19(2,3)27(6,7)23-13-16-21(15-11-9-8-10-14(15)12-22-21)17-18(24-16)26-20(4,5)25-17/h8-11,16-18H,12-13H2,1-7H3/t16-,17+,18-,21-/m1/s1. The van der Waals surface area contributed by atoms with E-state index in [4.69, 9.17) is 23.4 Å². The molecule has 0 N–H and O–H groups in total. The first-order chi connectivity index (χ1) is 12.5. The van der Waals surface area contributed by atoms with Crippen LogP contribution in [0.25, 0.3) is 0 Å². The highest BCUT2D eigenvalue weighted by Gasteiger charge is 2.67. The lowest BCUT2D eigenvalue weighted by molar-refractivity contribution is -0.241. The molecular weight excluding hydrogens is 360 g/mol. The van der Waals surface area contributed by atoms with Crippen molar-refractivity contribution in [3.8, 4) is 0 Å². The van der Waals surface area contributed by atoms with Crippen LogP contribution in [0.15, 0.2) is 24.3 Å². The molecular formula is C21H32O5Si. The Morgan fingerprint density at radius 1 is 1.15 bits per heavy atom. The maximum absolute atomic E-state index is 6.52. The Morgan fingerprint density at radius 3 is 2.56 bits per heavy atom. The fraction of sp³-hybridized carbons (Fsp3) is 0.714. The molecule has 2 fully saturated rings. The maximum atomic E-state index is 6.52. The van der Waals surface area contributed by atoms with Crippen LogP contribution in [0.2, 0.25) is 18.1 Å². The highest BCUT2D eigenvalue weighted by atomic mass is 28.4. The molecule has 4 rings (SSSR count). The molecule has 0 radical (unpaired) electrons. The van der Waals surface area contributed by atoms with Gasteiger partial charge in [-0.1, -0.05) is 45.0 Å². The van der Waals surface area contributed by atoms with Crippen LogP contribution in [0, 0.1) is 0 Å². The molecule has 1 spiro atoms. The van der Waals surface area contributed by atoms with Crippen LogP contribution < -0.4 is 0 Å². The number of rotatable bonds is 3. The largest absolute Gasteiger partial charge is 0.414 e. The summed E-state index contributed by atoms with van der Waals surface area (Å²) in [5.74, 6) is -0.686. The molecule has 3 aliphatic heterocycles. The molecule has 6 heteroatoms. The fourth-order valence-corrected chi connectivity index (χ4v) is 5.03. The molecule has 1 aromatic rings. The number of benzene rings is 1. The van der Waals surface area contributed by atoms with E-state index in [1.54, 1.807) is 0 Å². The Morgan fingerprint density at radius 2 is 1.85 bits per heavy atom. The average Bonchev–Trinajstić information content (AvgIpc) is 3.16. The molecule has 27 heavy (non-hydrogen) atoms. The summed E-state index contributed by atoms with van der Waals surface area (Å²) in [6.07, 6.45) is -1.01. The summed E-state index contributed by atoms with van der Waals surface area (Å²) >= 11 is 0. The van der Waals surface area contributed by atoms with E-state index in [1.165, 1.54) is 5.56 Å². The molecule has 3 heterocycles. The van der Waals surface area contributed by atoms with Crippen molar-refractivity contribution in [2.45, 2.75) is 89.2 Å². The van der Waals surface area contributed by atoms with Crippen molar-refractivity contribution in [2.24, 2.45) is 0 Å². The molecule has 3 aliphatic rings. The van der Waals surface area contributed by atoms with Gasteiger partial charge in [-0.25, -0.2) is 0 Å². The van der Waals surface area contributed by atoms with Crippen molar-refractivity contribution < 1.29 is 23.4 Å². The summed E-state index contributed by atoms with van der Waals surface area (Å²) in [7, 11) is -1.91. The predicted octanol–water partition coefficient (Wildman–Crippen LogP) is 4.31. The molecule has 4 atom stereocenters. The zero-order valence-electron chi connectivity index (χ0n) is 17.5. The summed E-state index contributed by atoms with van der Waals surface area (Å²) in [5, 5.41) is 0.137.